The van der Waals surface area contributed by atoms with Gasteiger partial charge in [-0.2, -0.15) is 4.57 Å². The van der Waals surface area contributed by atoms with Crippen molar-refractivity contribution in [1.82, 2.24) is 0 Å². The molecular formula is C51H57N6O7PS3. The van der Waals surface area contributed by atoms with E-state index in [9.17, 15) is 4.57 Å². The number of benzene rings is 6. The predicted molar refractivity (Wildman–Crippen MR) is 286 cm³/mol. The topological polar surface area (TPSA) is 160 Å². The molecule has 0 amide bonds. The Hall–Kier alpha value is -6.58. The molecule has 0 fully saturated rings. The van der Waals surface area contributed by atoms with Crippen molar-refractivity contribution >= 4 is 93.9 Å². The lowest BCUT2D eigenvalue weighted by Gasteiger charge is -2.25. The maximum atomic E-state index is 14.9. The van der Waals surface area contributed by atoms with Crippen LogP contribution >= 0.6 is 44.5 Å². The van der Waals surface area contributed by atoms with Gasteiger partial charge in [0.2, 0.25) is 0 Å². The Morgan fingerprint density at radius 2 is 0.574 bits per heavy atom. The third-order valence-electron chi connectivity index (χ3n) is 10.2. The fraction of sp³-hybridized carbons (Fsp3) is 0.235. The molecule has 6 N–H and O–H groups in total. The Kier molecular flexibility index (Phi) is 18.7. The summed E-state index contributed by atoms with van der Waals surface area (Å²) in [6.45, 7) is 8.22. The van der Waals surface area contributed by atoms with Crippen molar-refractivity contribution in [1.29, 1.82) is 0 Å². The molecule has 0 aliphatic heterocycles. The van der Waals surface area contributed by atoms with Gasteiger partial charge in [-0.05, 0) is 202 Å². The molecular weight excluding hydrogens is 936 g/mol. The molecule has 0 heterocycles. The summed E-state index contributed by atoms with van der Waals surface area (Å²) in [6, 6.07) is 42.6. The van der Waals surface area contributed by atoms with Crippen LogP contribution in [-0.2, 0) is 4.57 Å². The van der Waals surface area contributed by atoms with E-state index in [2.05, 4.69) is 20.8 Å². The Morgan fingerprint density at radius 1 is 0.382 bits per heavy atom. The van der Waals surface area contributed by atoms with Crippen molar-refractivity contribution in [2.75, 3.05) is 34.5 Å². The van der Waals surface area contributed by atoms with Crippen LogP contribution in [0.1, 0.15) is 59.3 Å². The molecule has 0 aromatic heterocycles. The maximum Gasteiger partial charge on any atom is 0.647 e. The zero-order chi connectivity index (χ0) is 48.5. The summed E-state index contributed by atoms with van der Waals surface area (Å²) >= 11 is 16.4. The SMILES string of the molecule is CCCCOc1ccc(N(C(N)=S)c2ccc(OP(=O)(Oc3ccc(N(C(N)=S)c4ccc(OCCCC)cc4)cc3)Oc3ccc(N(C(N)=S)c4ccc(OCCCC)cc4)cc3)cc2)cc1. The summed E-state index contributed by atoms with van der Waals surface area (Å²) in [4.78, 5) is 5.09. The minimum absolute atomic E-state index is 0.118. The third-order valence-corrected chi connectivity index (χ3v) is 12.0. The molecule has 0 aliphatic carbocycles. The van der Waals surface area contributed by atoms with Crippen LogP contribution in [0.2, 0.25) is 0 Å². The fourth-order valence-electron chi connectivity index (χ4n) is 6.70. The van der Waals surface area contributed by atoms with Gasteiger partial charge in [0.15, 0.2) is 15.3 Å². The average Bonchev–Trinajstić information content (AvgIpc) is 3.32. The van der Waals surface area contributed by atoms with Crippen LogP contribution in [0.3, 0.4) is 0 Å². The quantitative estimate of drug-likeness (QED) is 0.0298. The highest BCUT2D eigenvalue weighted by atomic mass is 32.1. The zero-order valence-corrected chi connectivity index (χ0v) is 41.7. The Bertz CT molecular complexity index is 2320. The lowest BCUT2D eigenvalue weighted by molar-refractivity contribution is 0.298. The van der Waals surface area contributed by atoms with Crippen molar-refractivity contribution in [3.63, 3.8) is 0 Å². The molecule has 0 radical (unpaired) electrons. The molecule has 0 saturated carbocycles. The predicted octanol–water partition coefficient (Wildman–Crippen LogP) is 13.0. The first-order valence-corrected chi connectivity index (χ1v) is 25.0. The second kappa shape index (κ2) is 25.0. The first-order chi connectivity index (χ1) is 32.9. The number of hydrogen-bond donors (Lipinski definition) is 3. The smallest absolute Gasteiger partial charge is 0.494 e. The summed E-state index contributed by atoms with van der Waals surface area (Å²) < 4.78 is 50.8. The Balaban J connectivity index is 1.25. The average molecular weight is 993 g/mol. The van der Waals surface area contributed by atoms with Crippen LogP contribution in [-0.4, -0.2) is 35.2 Å². The van der Waals surface area contributed by atoms with Gasteiger partial charge in [-0.15, -0.1) is 0 Å². The van der Waals surface area contributed by atoms with Gasteiger partial charge in [-0.1, -0.05) is 40.0 Å². The molecule has 6 aromatic carbocycles. The third kappa shape index (κ3) is 14.2. The van der Waals surface area contributed by atoms with Gasteiger partial charge in [-0.3, -0.25) is 14.7 Å². The van der Waals surface area contributed by atoms with Crippen LogP contribution in [0, 0.1) is 0 Å². The van der Waals surface area contributed by atoms with E-state index in [0.29, 0.717) is 36.9 Å². The largest absolute Gasteiger partial charge is 0.647 e. The molecule has 0 unspecified atom stereocenters. The highest BCUT2D eigenvalue weighted by molar-refractivity contribution is 7.81. The molecule has 0 spiro atoms. The molecule has 6 rings (SSSR count). The summed E-state index contributed by atoms with van der Waals surface area (Å²) in [6.07, 6.45) is 5.97. The van der Waals surface area contributed by atoms with Crippen molar-refractivity contribution in [3.8, 4) is 34.5 Å². The molecule has 6 aromatic rings. The van der Waals surface area contributed by atoms with E-state index in [1.807, 2.05) is 72.8 Å². The van der Waals surface area contributed by atoms with Gasteiger partial charge in [0.05, 0.1) is 19.8 Å². The van der Waals surface area contributed by atoms with Gasteiger partial charge in [-0.25, -0.2) is 0 Å². The van der Waals surface area contributed by atoms with Crippen LogP contribution in [0.4, 0.5) is 34.1 Å². The van der Waals surface area contributed by atoms with Crippen molar-refractivity contribution in [3.05, 3.63) is 146 Å². The monoisotopic (exact) mass is 992 g/mol. The lowest BCUT2D eigenvalue weighted by atomic mass is 10.2. The Labute approximate surface area is 415 Å². The minimum atomic E-state index is -4.52. The van der Waals surface area contributed by atoms with Crippen LogP contribution < -0.4 is 59.7 Å². The Morgan fingerprint density at radius 3 is 0.750 bits per heavy atom. The van der Waals surface area contributed by atoms with Gasteiger partial charge in [0.1, 0.15) is 34.5 Å². The van der Waals surface area contributed by atoms with Gasteiger partial charge >= 0.3 is 7.82 Å². The van der Waals surface area contributed by atoms with E-state index in [1.165, 1.54) is 0 Å². The number of thiocarbonyl (C=S) groups is 3. The maximum absolute atomic E-state index is 14.9. The summed E-state index contributed by atoms with van der Waals surface area (Å²) in [5.41, 5.74) is 22.8. The van der Waals surface area contributed by atoms with E-state index in [1.54, 1.807) is 87.5 Å². The first kappa shape index (κ1) is 50.8. The molecule has 68 heavy (non-hydrogen) atoms. The summed E-state index contributed by atoms with van der Waals surface area (Å²) in [7, 11) is -4.52. The normalized spacial score (nSPS) is 10.9. The number of nitrogens with two attached hydrogens (primary N) is 3. The van der Waals surface area contributed by atoms with Gasteiger partial charge < -0.3 is 45.0 Å². The highest BCUT2D eigenvalue weighted by Crippen LogP contribution is 2.50. The first-order valence-electron chi connectivity index (χ1n) is 22.4. The number of rotatable bonds is 24. The van der Waals surface area contributed by atoms with Gasteiger partial charge in [0.25, 0.3) is 0 Å². The molecule has 0 aliphatic rings. The second-order valence-corrected chi connectivity index (χ2v) is 18.0. The molecule has 17 heteroatoms. The van der Waals surface area contributed by atoms with Crippen LogP contribution in [0.5, 0.6) is 34.5 Å². The summed E-state index contributed by atoms with van der Waals surface area (Å²) in [5.74, 6) is 2.76. The van der Waals surface area contributed by atoms with E-state index in [0.717, 1.165) is 72.8 Å². The molecule has 0 atom stereocenters. The minimum Gasteiger partial charge on any atom is -0.494 e. The lowest BCUT2D eigenvalue weighted by Crippen LogP contribution is -2.31. The number of ether oxygens (including phenoxy) is 3. The van der Waals surface area contributed by atoms with Crippen molar-refractivity contribution < 1.29 is 32.3 Å². The number of hydrogen-bond acceptors (Lipinski definition) is 10. The zero-order valence-electron chi connectivity index (χ0n) is 38.3. The number of phosphoric acid groups is 1. The van der Waals surface area contributed by atoms with E-state index in [4.69, 9.17) is 81.6 Å². The molecule has 13 nitrogen and oxygen atoms in total. The number of nitrogens with zero attached hydrogens (tertiary/aromatic N) is 3. The van der Waals surface area contributed by atoms with E-state index >= 15 is 0 Å². The number of phosphoric ester groups is 1. The molecule has 0 bridgehead atoms. The van der Waals surface area contributed by atoms with Gasteiger partial charge in [0, 0.05) is 34.1 Å². The molecule has 0 saturated heterocycles. The second-order valence-electron chi connectivity index (χ2n) is 15.3. The van der Waals surface area contributed by atoms with Crippen LogP contribution in [0.25, 0.3) is 0 Å². The standard InChI is InChI=1S/C51H57N6O7PS3/c1-4-7-34-59-43-22-10-37(11-23-43)55(49(52)66)40-16-28-46(29-17-40)62-65(58,63-47-30-18-41(19-31-47)56(50(53)67)38-12-24-44(25-13-38)60-35-8-5-2)64-48-32-20-42(21-33-48)57(51(54)68)39-14-26-45(27-15-39)61-36-9-6-3/h10-33H,4-9,34-36H2,1-3H3,(H2,52,66)(H2,53,67)(H2,54,68). The fourth-order valence-corrected chi connectivity index (χ4v) is 8.58. The van der Waals surface area contributed by atoms with Crippen molar-refractivity contribution in [2.45, 2.75) is 59.3 Å². The molecule has 356 valence electrons. The highest BCUT2D eigenvalue weighted by Gasteiger charge is 2.34. The van der Waals surface area contributed by atoms with Crippen molar-refractivity contribution in [2.24, 2.45) is 17.2 Å². The number of anilines is 6. The van der Waals surface area contributed by atoms with E-state index < -0.39 is 7.82 Å². The van der Waals surface area contributed by atoms with E-state index in [-0.39, 0.29) is 32.6 Å². The summed E-state index contributed by atoms with van der Waals surface area (Å²) in [5, 5.41) is 0.354. The number of unbranched alkanes of at least 4 members (excludes halogenated alkanes) is 3. The van der Waals surface area contributed by atoms with Crippen LogP contribution in [0.15, 0.2) is 146 Å².